The van der Waals surface area contributed by atoms with Crippen LogP contribution in [0.25, 0.3) is 0 Å². The summed E-state index contributed by atoms with van der Waals surface area (Å²) in [7, 11) is -11.2. The lowest BCUT2D eigenvalue weighted by atomic mass is 11.8. The van der Waals surface area contributed by atoms with Gasteiger partial charge in [-0.05, 0) is 6.55 Å². The van der Waals surface area contributed by atoms with Crippen molar-refractivity contribution in [3.05, 3.63) is 0 Å². The van der Waals surface area contributed by atoms with E-state index in [0.29, 0.717) is 0 Å². The molecule has 2 unspecified atom stereocenters. The highest BCUT2D eigenvalue weighted by Gasteiger charge is 2.92. The van der Waals surface area contributed by atoms with Gasteiger partial charge in [-0.15, -0.1) is 0 Å². The summed E-state index contributed by atoms with van der Waals surface area (Å²) in [6.07, 6.45) is 0. The Balaban J connectivity index is 3.18. The molecule has 1 rings (SSSR count). The van der Waals surface area contributed by atoms with E-state index in [1.165, 1.54) is 13.7 Å². The van der Waals surface area contributed by atoms with Crippen molar-refractivity contribution in [1.82, 2.24) is 0 Å². The molecule has 0 aromatic heterocycles. The van der Waals surface area contributed by atoms with Crippen molar-refractivity contribution in [2.24, 2.45) is 0 Å². The molecular weight excluding hydrogens is 240 g/mol. The molecule has 0 aromatic carbocycles. The van der Waals surface area contributed by atoms with Crippen molar-refractivity contribution >= 4 is 29.7 Å². The number of hydrogen-bond acceptors (Lipinski definition) is 5. The molecule has 13 heavy (non-hydrogen) atoms. The molecule has 0 bridgehead atoms. The van der Waals surface area contributed by atoms with E-state index in [2.05, 4.69) is 0 Å². The summed E-state index contributed by atoms with van der Waals surface area (Å²) in [6, 6.07) is 0. The minimum atomic E-state index is -3.84. The second-order valence-corrected chi connectivity index (χ2v) is 40.2. The zero-order valence-corrected chi connectivity index (χ0v) is 12.2. The van der Waals surface area contributed by atoms with Crippen LogP contribution >= 0.6 is 0 Å². The molecule has 0 saturated carbocycles. The first kappa shape index (κ1) is 11.7. The lowest BCUT2D eigenvalue weighted by Gasteiger charge is -2.61. The molecule has 9 heteroatoms. The van der Waals surface area contributed by atoms with Crippen LogP contribution in [0.5, 0.6) is 0 Å². The highest BCUT2D eigenvalue weighted by molar-refractivity contribution is 8.07. The quantitative estimate of drug-likeness (QED) is 0.412. The molecule has 0 radical (unpaired) electrons. The van der Waals surface area contributed by atoms with Crippen LogP contribution in [0.15, 0.2) is 0 Å². The third-order valence-electron chi connectivity index (χ3n) is 3.51. The normalized spacial score (nSPS) is 47.1. The molecule has 4 N–H and O–H groups in total. The summed E-state index contributed by atoms with van der Waals surface area (Å²) in [5.74, 6) is 0. The van der Waals surface area contributed by atoms with Crippen LogP contribution in [0, 0.1) is 0 Å². The minimum Gasteiger partial charge on any atom is -0.432 e. The molecule has 1 fully saturated rings. The van der Waals surface area contributed by atoms with Gasteiger partial charge in [0, 0.05) is 7.11 Å². The van der Waals surface area contributed by atoms with E-state index in [1.807, 2.05) is 0 Å². The molecule has 0 amide bonds. The van der Waals surface area contributed by atoms with Gasteiger partial charge >= 0.3 is 15.2 Å². The number of rotatable bonds is 1. The van der Waals surface area contributed by atoms with E-state index in [-0.39, 0.29) is 0 Å². The van der Waals surface area contributed by atoms with E-state index in [1.54, 1.807) is 13.1 Å². The molecular formula is C4H16O5Si4. The molecule has 5 nitrogen and oxygen atoms in total. The highest BCUT2D eigenvalue weighted by Crippen LogP contribution is 2.45. The van der Waals surface area contributed by atoms with Crippen molar-refractivity contribution < 1.29 is 23.6 Å². The predicted molar refractivity (Wildman–Crippen MR) is 56.5 cm³/mol. The van der Waals surface area contributed by atoms with Gasteiger partial charge in [0.05, 0.1) is 0 Å². The van der Waals surface area contributed by atoms with E-state index in [0.717, 1.165) is 0 Å². The van der Waals surface area contributed by atoms with Crippen LogP contribution in [-0.4, -0.2) is 55.9 Å². The maximum atomic E-state index is 10.0. The summed E-state index contributed by atoms with van der Waals surface area (Å²) < 4.78 is 4.93. The molecule has 1 aliphatic rings. The molecule has 2 atom stereocenters. The Morgan fingerprint density at radius 3 is 1.46 bits per heavy atom. The van der Waals surface area contributed by atoms with Gasteiger partial charge in [-0.3, -0.25) is 0 Å². The maximum Gasteiger partial charge on any atom is 0.381 e. The Kier molecular flexibility index (Phi) is 2.36. The second kappa shape index (κ2) is 2.62. The lowest BCUT2D eigenvalue weighted by Crippen LogP contribution is -3.06. The first-order valence-electron chi connectivity index (χ1n) is 4.01. The molecule has 0 aliphatic carbocycles. The Bertz CT molecular complexity index is 221. The van der Waals surface area contributed by atoms with Gasteiger partial charge < -0.3 is 23.6 Å². The van der Waals surface area contributed by atoms with Crippen molar-refractivity contribution in [3.8, 4) is 0 Å². The molecule has 1 saturated heterocycles. The summed E-state index contributed by atoms with van der Waals surface area (Å²) >= 11 is 0. The predicted octanol–water partition coefficient (Wildman–Crippen LogP) is -1.90. The zero-order chi connectivity index (χ0) is 10.7. The summed E-state index contributed by atoms with van der Waals surface area (Å²) in [5, 5.41) is 0. The standard InChI is InChI=1S/C4H16O5Si4/c1-9-13(8)10(2,3)11(4,5)12(13,6)7/h5-8H,1-4H3. The largest absolute Gasteiger partial charge is 0.432 e. The van der Waals surface area contributed by atoms with Crippen LogP contribution in [-0.2, 0) is 4.43 Å². The van der Waals surface area contributed by atoms with Gasteiger partial charge in [-0.1, -0.05) is 13.1 Å². The van der Waals surface area contributed by atoms with Gasteiger partial charge in [0.1, 0.15) is 7.11 Å². The Morgan fingerprint density at radius 2 is 1.31 bits per heavy atom. The van der Waals surface area contributed by atoms with Gasteiger partial charge in [0.2, 0.25) is 7.35 Å². The first-order chi connectivity index (χ1) is 5.56. The topological polar surface area (TPSA) is 90.2 Å². The van der Waals surface area contributed by atoms with E-state index in [9.17, 15) is 19.2 Å². The van der Waals surface area contributed by atoms with Crippen LogP contribution in [0.2, 0.25) is 19.6 Å². The Morgan fingerprint density at radius 1 is 0.923 bits per heavy atom. The van der Waals surface area contributed by atoms with Crippen LogP contribution in [0.1, 0.15) is 0 Å². The van der Waals surface area contributed by atoms with E-state index >= 15 is 0 Å². The smallest absolute Gasteiger partial charge is 0.381 e. The molecule has 0 aromatic rings. The fourth-order valence-corrected chi connectivity index (χ4v) is 83.5. The Hall–Kier alpha value is 0.668. The molecule has 1 heterocycles. The van der Waals surface area contributed by atoms with Crippen LogP contribution in [0.4, 0.5) is 0 Å². The average molecular weight is 257 g/mol. The van der Waals surface area contributed by atoms with Crippen LogP contribution < -0.4 is 0 Å². The molecule has 1 aliphatic heterocycles. The SMILES string of the molecule is CO[Si]1(O)[Si](C)(C)[Si](C)(O)[Si]1(O)O. The number of hydrogen-bond donors (Lipinski definition) is 4. The fraction of sp³-hybridized carbons (Fsp3) is 1.00. The fourth-order valence-electron chi connectivity index (χ4n) is 1.87. The van der Waals surface area contributed by atoms with Gasteiger partial charge in [0.25, 0.3) is 0 Å². The summed E-state index contributed by atoms with van der Waals surface area (Å²) in [5.41, 5.74) is 0. The first-order valence-corrected chi connectivity index (χ1v) is 17.2. The third kappa shape index (κ3) is 0.916. The van der Waals surface area contributed by atoms with Crippen molar-refractivity contribution in [3.63, 3.8) is 0 Å². The highest BCUT2D eigenvalue weighted by atomic mass is 30.2. The summed E-state index contributed by atoms with van der Waals surface area (Å²) in [6.45, 7) is 5.10. The minimum absolute atomic E-state index is 1.30. The van der Waals surface area contributed by atoms with Gasteiger partial charge in [0.15, 0.2) is 0 Å². The Labute approximate surface area is 80.4 Å². The van der Waals surface area contributed by atoms with Crippen molar-refractivity contribution in [1.29, 1.82) is 0 Å². The second-order valence-electron chi connectivity index (χ2n) is 4.22. The van der Waals surface area contributed by atoms with E-state index in [4.69, 9.17) is 4.43 Å². The maximum absolute atomic E-state index is 10.0. The summed E-state index contributed by atoms with van der Waals surface area (Å²) in [4.78, 5) is 39.5. The zero-order valence-electron chi connectivity index (χ0n) is 8.20. The van der Waals surface area contributed by atoms with Crippen molar-refractivity contribution in [2.45, 2.75) is 19.6 Å². The average Bonchev–Trinajstić information content (AvgIpc) is 2.00. The van der Waals surface area contributed by atoms with Gasteiger partial charge in [-0.2, -0.15) is 0 Å². The monoisotopic (exact) mass is 256 g/mol. The van der Waals surface area contributed by atoms with Crippen molar-refractivity contribution in [2.75, 3.05) is 7.11 Å². The molecule has 0 spiro atoms. The lowest BCUT2D eigenvalue weighted by molar-refractivity contribution is 0.288. The molecule has 78 valence electrons. The third-order valence-corrected chi connectivity index (χ3v) is 72.4. The van der Waals surface area contributed by atoms with E-state index < -0.39 is 29.7 Å². The van der Waals surface area contributed by atoms with Gasteiger partial charge in [-0.25, -0.2) is 0 Å². The van der Waals surface area contributed by atoms with Crippen LogP contribution in [0.3, 0.4) is 0 Å².